The van der Waals surface area contributed by atoms with Gasteiger partial charge >= 0.3 is 0 Å². The fourth-order valence-corrected chi connectivity index (χ4v) is 3.23. The Morgan fingerprint density at radius 1 is 0.714 bits per heavy atom. The molecule has 0 radical (unpaired) electrons. The topological polar surface area (TPSA) is 96.9 Å². The Labute approximate surface area is 253 Å². The molecule has 0 aliphatic rings. The summed E-state index contributed by atoms with van der Waals surface area (Å²) in [6, 6.07) is 7.00. The first-order valence-corrected chi connectivity index (χ1v) is 14.6. The van der Waals surface area contributed by atoms with E-state index in [1.807, 2.05) is 71.7 Å². The third-order valence-corrected chi connectivity index (χ3v) is 5.83. The molecule has 3 aromatic heterocycles. The molecular formula is C34H51N7O. The molecule has 3 N–H and O–H groups in total. The molecule has 0 aliphatic heterocycles. The molecule has 0 amide bonds. The normalized spacial score (nSPS) is 12.6. The molecule has 0 aliphatic carbocycles. The summed E-state index contributed by atoms with van der Waals surface area (Å²) in [5, 5.41) is 9.45. The van der Waals surface area contributed by atoms with Gasteiger partial charge in [0.15, 0.2) is 0 Å². The van der Waals surface area contributed by atoms with Gasteiger partial charge < -0.3 is 20.7 Å². The molecule has 0 bridgehead atoms. The zero-order valence-corrected chi connectivity index (χ0v) is 26.5. The summed E-state index contributed by atoms with van der Waals surface area (Å²) < 4.78 is 5.59. The van der Waals surface area contributed by atoms with E-state index < -0.39 is 0 Å². The standard InChI is InChI=1S/C14H22N2O.C10H15N3.C10H14N2/c1-11(2)17-14-8-13(9-16-10-14)7-5-6-12(3)15-4;1-9(11-2)4-3-5-10-6-12-8-13-7-10;1-11-7-3-2-5-10-6-4-8-12-9-10/h5,7-12,15H,6H2,1-4H3;3,5-9,11H,4H2,1-2H3;2,4-6,8-9,11H,3,7H2,1H3/b7-5+;5-3+;5-2+/t12-;9-;/m00./s1. The summed E-state index contributed by atoms with van der Waals surface area (Å²) >= 11 is 0. The molecule has 2 atom stereocenters. The monoisotopic (exact) mass is 573 g/mol. The van der Waals surface area contributed by atoms with Crippen LogP contribution in [0, 0.1) is 0 Å². The second kappa shape index (κ2) is 23.9. The van der Waals surface area contributed by atoms with Crippen LogP contribution in [-0.4, -0.2) is 65.8 Å². The molecule has 0 spiro atoms. The number of ether oxygens (including phenoxy) is 1. The number of hydrogen-bond donors (Lipinski definition) is 3. The Bertz CT molecular complexity index is 1130. The van der Waals surface area contributed by atoms with E-state index in [0.29, 0.717) is 12.1 Å². The van der Waals surface area contributed by atoms with Gasteiger partial charge in [-0.2, -0.15) is 0 Å². The van der Waals surface area contributed by atoms with E-state index in [1.54, 1.807) is 24.8 Å². The third-order valence-electron chi connectivity index (χ3n) is 5.83. The Balaban J connectivity index is 0.000000321. The van der Waals surface area contributed by atoms with Gasteiger partial charge in [0.1, 0.15) is 12.1 Å². The van der Waals surface area contributed by atoms with Crippen LogP contribution in [0.4, 0.5) is 0 Å². The van der Waals surface area contributed by atoms with Gasteiger partial charge in [0.2, 0.25) is 0 Å². The van der Waals surface area contributed by atoms with Crippen LogP contribution in [0.3, 0.4) is 0 Å². The van der Waals surface area contributed by atoms with Crippen molar-refractivity contribution in [2.75, 3.05) is 27.7 Å². The number of pyridine rings is 2. The van der Waals surface area contributed by atoms with Crippen LogP contribution in [0.5, 0.6) is 5.75 Å². The lowest BCUT2D eigenvalue weighted by molar-refractivity contribution is 0.241. The maximum absolute atomic E-state index is 5.59. The molecular weight excluding hydrogens is 522 g/mol. The molecule has 0 fully saturated rings. The van der Waals surface area contributed by atoms with Crippen LogP contribution in [-0.2, 0) is 0 Å². The molecule has 8 heteroatoms. The van der Waals surface area contributed by atoms with Crippen LogP contribution in [0.15, 0.2) is 79.9 Å². The van der Waals surface area contributed by atoms with Crippen molar-refractivity contribution in [1.29, 1.82) is 0 Å². The van der Waals surface area contributed by atoms with Crippen molar-refractivity contribution >= 4 is 18.2 Å². The number of nitrogens with one attached hydrogen (secondary N) is 3. The summed E-state index contributed by atoms with van der Waals surface area (Å²) in [5.74, 6) is 0.823. The molecule has 228 valence electrons. The van der Waals surface area contributed by atoms with Crippen molar-refractivity contribution in [3.8, 4) is 5.75 Å². The Kier molecular flexibility index (Phi) is 20.7. The zero-order chi connectivity index (χ0) is 30.8. The van der Waals surface area contributed by atoms with Gasteiger partial charge in [-0.05, 0) is 97.9 Å². The average molecular weight is 574 g/mol. The quantitative estimate of drug-likeness (QED) is 0.200. The van der Waals surface area contributed by atoms with Gasteiger partial charge in [-0.15, -0.1) is 0 Å². The van der Waals surface area contributed by atoms with Crippen molar-refractivity contribution in [2.45, 2.75) is 65.1 Å². The van der Waals surface area contributed by atoms with Crippen molar-refractivity contribution < 1.29 is 4.74 Å². The highest BCUT2D eigenvalue weighted by Gasteiger charge is 1.99. The summed E-state index contributed by atoms with van der Waals surface area (Å²) in [7, 11) is 5.89. The second-order valence-corrected chi connectivity index (χ2v) is 10.0. The van der Waals surface area contributed by atoms with E-state index in [1.165, 1.54) is 6.33 Å². The molecule has 0 saturated carbocycles. The lowest BCUT2D eigenvalue weighted by Crippen LogP contribution is -2.19. The predicted octanol–water partition coefficient (Wildman–Crippen LogP) is 6.07. The third kappa shape index (κ3) is 19.4. The first-order valence-electron chi connectivity index (χ1n) is 14.6. The van der Waals surface area contributed by atoms with E-state index in [4.69, 9.17) is 4.74 Å². The van der Waals surface area contributed by atoms with Crippen LogP contribution in [0.25, 0.3) is 18.2 Å². The van der Waals surface area contributed by atoms with Crippen LogP contribution in [0.1, 0.15) is 63.6 Å². The van der Waals surface area contributed by atoms with Gasteiger partial charge in [0.05, 0.1) is 12.3 Å². The van der Waals surface area contributed by atoms with Crippen LogP contribution < -0.4 is 20.7 Å². The molecule has 3 rings (SSSR count). The molecule has 0 unspecified atom stereocenters. The van der Waals surface area contributed by atoms with Crippen molar-refractivity contribution in [3.05, 3.63) is 96.6 Å². The summed E-state index contributed by atoms with van der Waals surface area (Å²) in [6.45, 7) is 9.34. The minimum absolute atomic E-state index is 0.181. The number of rotatable bonds is 14. The first-order chi connectivity index (χ1) is 20.4. The van der Waals surface area contributed by atoms with Crippen molar-refractivity contribution in [2.24, 2.45) is 0 Å². The van der Waals surface area contributed by atoms with Gasteiger partial charge in [0.25, 0.3) is 0 Å². The van der Waals surface area contributed by atoms with Gasteiger partial charge in [0, 0.05) is 48.6 Å². The minimum Gasteiger partial charge on any atom is -0.489 e. The molecule has 3 heterocycles. The number of aromatic nitrogens is 4. The maximum atomic E-state index is 5.59. The minimum atomic E-state index is 0.181. The van der Waals surface area contributed by atoms with Gasteiger partial charge in [-0.25, -0.2) is 9.97 Å². The van der Waals surface area contributed by atoms with E-state index in [2.05, 4.69) is 80.1 Å². The van der Waals surface area contributed by atoms with Crippen LogP contribution >= 0.6 is 0 Å². The highest BCUT2D eigenvalue weighted by atomic mass is 16.5. The smallest absolute Gasteiger partial charge is 0.138 e. The summed E-state index contributed by atoms with van der Waals surface area (Å²) in [5.41, 5.74) is 3.28. The van der Waals surface area contributed by atoms with Gasteiger partial charge in [-0.1, -0.05) is 42.5 Å². The lowest BCUT2D eigenvalue weighted by Gasteiger charge is -2.09. The van der Waals surface area contributed by atoms with Crippen LogP contribution in [0.2, 0.25) is 0 Å². The SMILES string of the molecule is CNCC/C=C/c1cccnc1.CN[C@@H](C)C/C=C/c1cncc(OC(C)C)c1.CN[C@@H](C)C/C=C/c1cncnc1. The Hall–Kier alpha value is -3.72. The Morgan fingerprint density at radius 2 is 1.31 bits per heavy atom. The van der Waals surface area contributed by atoms with Gasteiger partial charge in [-0.3, -0.25) is 9.97 Å². The molecule has 0 saturated heterocycles. The number of hydrogen-bond acceptors (Lipinski definition) is 8. The molecule has 3 aromatic rings. The lowest BCUT2D eigenvalue weighted by atomic mass is 10.2. The number of nitrogens with zero attached hydrogens (tertiary/aromatic N) is 4. The fourth-order valence-electron chi connectivity index (χ4n) is 3.23. The largest absolute Gasteiger partial charge is 0.489 e. The van der Waals surface area contributed by atoms with Crippen molar-refractivity contribution in [3.63, 3.8) is 0 Å². The highest BCUT2D eigenvalue weighted by Crippen LogP contribution is 2.14. The molecule has 42 heavy (non-hydrogen) atoms. The van der Waals surface area contributed by atoms with Crippen molar-refractivity contribution in [1.82, 2.24) is 35.9 Å². The van der Waals surface area contributed by atoms with E-state index >= 15 is 0 Å². The fraction of sp³-hybridized carbons (Fsp3) is 0.412. The average Bonchev–Trinajstić information content (AvgIpc) is 3.01. The molecule has 8 nitrogen and oxygen atoms in total. The molecule has 0 aromatic carbocycles. The maximum Gasteiger partial charge on any atom is 0.138 e. The first kappa shape index (κ1) is 36.3. The zero-order valence-electron chi connectivity index (χ0n) is 26.5. The van der Waals surface area contributed by atoms with E-state index in [-0.39, 0.29) is 6.10 Å². The highest BCUT2D eigenvalue weighted by molar-refractivity contribution is 5.50. The predicted molar refractivity (Wildman–Crippen MR) is 178 cm³/mol. The Morgan fingerprint density at radius 3 is 1.88 bits per heavy atom. The van der Waals surface area contributed by atoms with E-state index in [9.17, 15) is 0 Å². The van der Waals surface area contributed by atoms with E-state index in [0.717, 1.165) is 48.2 Å². The summed E-state index contributed by atoms with van der Waals surface area (Å²) in [4.78, 5) is 16.0. The second-order valence-electron chi connectivity index (χ2n) is 10.0. The summed E-state index contributed by atoms with van der Waals surface area (Å²) in [6.07, 6.45) is 28.2.